The lowest BCUT2D eigenvalue weighted by Gasteiger charge is -2.09. The maximum atomic E-state index is 9.40. The quantitative estimate of drug-likeness (QED) is 0.786. The second-order valence-electron chi connectivity index (χ2n) is 3.53. The van der Waals surface area contributed by atoms with E-state index in [1.54, 1.807) is 6.20 Å². The van der Waals surface area contributed by atoms with Crippen molar-refractivity contribution < 1.29 is 10.2 Å². The monoisotopic (exact) mass is 203 g/mol. The van der Waals surface area contributed by atoms with Crippen LogP contribution in [0.2, 0.25) is 0 Å². The number of aliphatic hydroxyl groups excluding tert-OH is 2. The molecule has 1 aromatic heterocycles. The number of hydrogen-bond donors (Lipinski definition) is 2. The Kier molecular flexibility index (Phi) is 2.94. The van der Waals surface area contributed by atoms with E-state index >= 15 is 0 Å². The molecule has 0 saturated heterocycles. The molecule has 1 heterocycles. The molecule has 0 fully saturated rings. The number of hydrogen-bond acceptors (Lipinski definition) is 3. The van der Waals surface area contributed by atoms with E-state index in [1.807, 2.05) is 30.3 Å². The Morgan fingerprint density at radius 1 is 1.20 bits per heavy atom. The Morgan fingerprint density at radius 2 is 2.07 bits per heavy atom. The van der Waals surface area contributed by atoms with E-state index in [2.05, 4.69) is 4.98 Å². The molecular formula is C12H13NO2. The molecule has 0 aliphatic heterocycles. The van der Waals surface area contributed by atoms with Crippen molar-refractivity contribution in [2.45, 2.75) is 12.5 Å². The number of rotatable bonds is 3. The first-order chi connectivity index (χ1) is 7.31. The summed E-state index contributed by atoms with van der Waals surface area (Å²) in [6, 6.07) is 9.64. The van der Waals surface area contributed by atoms with E-state index in [0.717, 1.165) is 16.5 Å². The lowest BCUT2D eigenvalue weighted by molar-refractivity contribution is 0.0957. The third kappa shape index (κ3) is 2.14. The smallest absolute Gasteiger partial charge is 0.0811 e. The van der Waals surface area contributed by atoms with E-state index in [1.165, 1.54) is 0 Å². The summed E-state index contributed by atoms with van der Waals surface area (Å²) < 4.78 is 0. The zero-order valence-corrected chi connectivity index (χ0v) is 8.30. The van der Waals surface area contributed by atoms with Gasteiger partial charge < -0.3 is 10.2 Å². The van der Waals surface area contributed by atoms with Gasteiger partial charge in [-0.15, -0.1) is 0 Å². The Labute approximate surface area is 88.0 Å². The highest BCUT2D eigenvalue weighted by Crippen LogP contribution is 2.17. The number of fused-ring (bicyclic) bond motifs is 1. The fourth-order valence-electron chi connectivity index (χ4n) is 1.66. The van der Waals surface area contributed by atoms with Gasteiger partial charge in [-0.25, -0.2) is 0 Å². The Morgan fingerprint density at radius 3 is 2.87 bits per heavy atom. The zero-order chi connectivity index (χ0) is 10.7. The van der Waals surface area contributed by atoms with Gasteiger partial charge in [-0.3, -0.25) is 4.98 Å². The van der Waals surface area contributed by atoms with Crippen molar-refractivity contribution in [3.63, 3.8) is 0 Å². The van der Waals surface area contributed by atoms with Gasteiger partial charge in [-0.05, 0) is 17.7 Å². The van der Waals surface area contributed by atoms with Crippen LogP contribution in [-0.2, 0) is 6.42 Å². The van der Waals surface area contributed by atoms with Crippen molar-refractivity contribution in [1.82, 2.24) is 4.98 Å². The average molecular weight is 203 g/mol. The van der Waals surface area contributed by atoms with Crippen molar-refractivity contribution in [3.8, 4) is 0 Å². The minimum absolute atomic E-state index is 0.212. The molecular weight excluding hydrogens is 190 g/mol. The zero-order valence-electron chi connectivity index (χ0n) is 8.30. The highest BCUT2D eigenvalue weighted by Gasteiger charge is 2.06. The molecule has 1 unspecified atom stereocenters. The normalized spacial score (nSPS) is 12.9. The van der Waals surface area contributed by atoms with Gasteiger partial charge >= 0.3 is 0 Å². The van der Waals surface area contributed by atoms with Crippen LogP contribution in [0.15, 0.2) is 36.5 Å². The van der Waals surface area contributed by atoms with Gasteiger partial charge in [0.05, 0.1) is 18.2 Å². The number of pyridine rings is 1. The van der Waals surface area contributed by atoms with Gasteiger partial charge in [-0.1, -0.05) is 18.2 Å². The molecule has 0 amide bonds. The minimum atomic E-state index is -0.698. The second kappa shape index (κ2) is 4.38. The van der Waals surface area contributed by atoms with Crippen LogP contribution >= 0.6 is 0 Å². The Bertz CT molecular complexity index is 451. The number of aromatic nitrogens is 1. The van der Waals surface area contributed by atoms with Crippen molar-refractivity contribution in [1.29, 1.82) is 0 Å². The number of nitrogens with zero attached hydrogens (tertiary/aromatic N) is 1. The summed E-state index contributed by atoms with van der Waals surface area (Å²) in [5.74, 6) is 0. The first-order valence-corrected chi connectivity index (χ1v) is 4.93. The molecule has 0 aliphatic rings. The molecule has 0 radical (unpaired) electrons. The summed E-state index contributed by atoms with van der Waals surface area (Å²) in [5.41, 5.74) is 1.93. The number of aliphatic hydroxyl groups is 2. The van der Waals surface area contributed by atoms with E-state index in [-0.39, 0.29) is 6.61 Å². The highest BCUT2D eigenvalue weighted by atomic mass is 16.3. The third-order valence-electron chi connectivity index (χ3n) is 2.40. The molecule has 1 aromatic carbocycles. The van der Waals surface area contributed by atoms with Gasteiger partial charge in [0.15, 0.2) is 0 Å². The fraction of sp³-hybridized carbons (Fsp3) is 0.250. The first kappa shape index (κ1) is 10.1. The Hall–Kier alpha value is -1.45. The fourth-order valence-corrected chi connectivity index (χ4v) is 1.66. The van der Waals surface area contributed by atoms with Gasteiger partial charge in [0.2, 0.25) is 0 Å². The van der Waals surface area contributed by atoms with Crippen LogP contribution in [0.4, 0.5) is 0 Å². The lowest BCUT2D eigenvalue weighted by Crippen LogP contribution is -2.15. The predicted molar refractivity (Wildman–Crippen MR) is 58.5 cm³/mol. The van der Waals surface area contributed by atoms with Crippen molar-refractivity contribution in [3.05, 3.63) is 42.1 Å². The molecule has 2 N–H and O–H groups in total. The molecule has 2 rings (SSSR count). The van der Waals surface area contributed by atoms with Crippen LogP contribution in [0.1, 0.15) is 5.56 Å². The molecule has 0 bridgehead atoms. The van der Waals surface area contributed by atoms with Crippen LogP contribution in [0.5, 0.6) is 0 Å². The van der Waals surface area contributed by atoms with Crippen LogP contribution in [-0.4, -0.2) is 27.9 Å². The molecule has 0 aliphatic carbocycles. The summed E-state index contributed by atoms with van der Waals surface area (Å²) in [5, 5.41) is 19.2. The minimum Gasteiger partial charge on any atom is -0.394 e. The lowest BCUT2D eigenvalue weighted by atomic mass is 10.0. The van der Waals surface area contributed by atoms with E-state index in [0.29, 0.717) is 6.42 Å². The molecule has 0 saturated carbocycles. The van der Waals surface area contributed by atoms with Crippen molar-refractivity contribution in [2.24, 2.45) is 0 Å². The van der Waals surface area contributed by atoms with Gasteiger partial charge in [0.1, 0.15) is 0 Å². The Balaban J connectivity index is 2.42. The van der Waals surface area contributed by atoms with Crippen molar-refractivity contribution in [2.75, 3.05) is 6.61 Å². The SMILES string of the molecule is OCC(O)Cc1cccc2ncccc12. The summed E-state index contributed by atoms with van der Waals surface area (Å²) in [4.78, 5) is 4.23. The standard InChI is InChI=1S/C12H13NO2/c14-8-10(15)7-9-3-1-5-12-11(9)4-2-6-13-12/h1-6,10,14-15H,7-8H2. The molecule has 3 nitrogen and oxygen atoms in total. The maximum Gasteiger partial charge on any atom is 0.0811 e. The predicted octanol–water partition coefficient (Wildman–Crippen LogP) is 1.13. The molecule has 3 heteroatoms. The average Bonchev–Trinajstić information content (AvgIpc) is 2.29. The summed E-state index contributed by atoms with van der Waals surface area (Å²) in [7, 11) is 0. The van der Waals surface area contributed by atoms with Crippen molar-refractivity contribution >= 4 is 10.9 Å². The molecule has 2 aromatic rings. The second-order valence-corrected chi connectivity index (χ2v) is 3.53. The van der Waals surface area contributed by atoms with Gasteiger partial charge in [0.25, 0.3) is 0 Å². The molecule has 15 heavy (non-hydrogen) atoms. The summed E-state index contributed by atoms with van der Waals surface area (Å²) >= 11 is 0. The van der Waals surface area contributed by atoms with Crippen LogP contribution < -0.4 is 0 Å². The summed E-state index contributed by atoms with van der Waals surface area (Å²) in [6.07, 6.45) is 1.50. The molecule has 0 spiro atoms. The van der Waals surface area contributed by atoms with E-state index < -0.39 is 6.10 Å². The van der Waals surface area contributed by atoms with Crippen LogP contribution in [0.3, 0.4) is 0 Å². The number of benzene rings is 1. The van der Waals surface area contributed by atoms with Gasteiger partial charge in [-0.2, -0.15) is 0 Å². The van der Waals surface area contributed by atoms with Crippen LogP contribution in [0.25, 0.3) is 10.9 Å². The van der Waals surface area contributed by atoms with E-state index in [4.69, 9.17) is 5.11 Å². The highest BCUT2D eigenvalue weighted by molar-refractivity contribution is 5.81. The molecule has 1 atom stereocenters. The van der Waals surface area contributed by atoms with E-state index in [9.17, 15) is 5.11 Å². The van der Waals surface area contributed by atoms with Crippen LogP contribution in [0, 0.1) is 0 Å². The molecule has 78 valence electrons. The topological polar surface area (TPSA) is 53.4 Å². The maximum absolute atomic E-state index is 9.40. The first-order valence-electron chi connectivity index (χ1n) is 4.93. The largest absolute Gasteiger partial charge is 0.394 e. The van der Waals surface area contributed by atoms with Gasteiger partial charge in [0, 0.05) is 18.0 Å². The third-order valence-corrected chi connectivity index (χ3v) is 2.40. The summed E-state index contributed by atoms with van der Waals surface area (Å²) in [6.45, 7) is -0.212.